The minimum absolute atomic E-state index is 0.100. The predicted molar refractivity (Wildman–Crippen MR) is 126 cm³/mol. The van der Waals surface area contributed by atoms with Crippen LogP contribution >= 0.6 is 11.6 Å². The first-order valence-electron chi connectivity index (χ1n) is 9.72. The van der Waals surface area contributed by atoms with E-state index in [2.05, 4.69) is 14.8 Å². The number of sulfonamides is 1. The number of benzene rings is 3. The van der Waals surface area contributed by atoms with Gasteiger partial charge >= 0.3 is 5.69 Å². The number of ether oxygens (including phenoxy) is 1. The van der Waals surface area contributed by atoms with Crippen molar-refractivity contribution in [3.8, 4) is 22.9 Å². The molecule has 12 heteroatoms. The van der Waals surface area contributed by atoms with Crippen LogP contribution in [0.2, 0.25) is 5.02 Å². The highest BCUT2D eigenvalue weighted by molar-refractivity contribution is 7.92. The smallest absolute Gasteiger partial charge is 0.349 e. The number of anilines is 1. The van der Waals surface area contributed by atoms with Gasteiger partial charge in [-0.3, -0.25) is 14.5 Å². The summed E-state index contributed by atoms with van der Waals surface area (Å²) >= 11 is 6.37. The molecule has 4 aromatic rings. The van der Waals surface area contributed by atoms with Crippen molar-refractivity contribution in [1.29, 1.82) is 0 Å². The first kappa shape index (κ1) is 23.1. The Labute approximate surface area is 198 Å². The lowest BCUT2D eigenvalue weighted by molar-refractivity contribution is 0.448. The Balaban J connectivity index is 1.67. The van der Waals surface area contributed by atoms with E-state index < -0.39 is 27.0 Å². The molecule has 0 unspecified atom stereocenters. The summed E-state index contributed by atoms with van der Waals surface area (Å²) in [7, 11) is -4.12. The van der Waals surface area contributed by atoms with Crippen molar-refractivity contribution < 1.29 is 18.3 Å². The van der Waals surface area contributed by atoms with Crippen LogP contribution in [-0.2, 0) is 10.0 Å². The van der Waals surface area contributed by atoms with Crippen LogP contribution in [-0.4, -0.2) is 28.3 Å². The molecule has 34 heavy (non-hydrogen) atoms. The Morgan fingerprint density at radius 1 is 1.09 bits per heavy atom. The third kappa shape index (κ3) is 4.80. The van der Waals surface area contributed by atoms with Crippen LogP contribution in [0.3, 0.4) is 0 Å². The number of aryl methyl sites for hydroxylation is 1. The van der Waals surface area contributed by atoms with Gasteiger partial charge in [0.1, 0.15) is 28.3 Å². The quantitative estimate of drug-likeness (QED) is 0.369. The average molecular weight is 501 g/mol. The summed E-state index contributed by atoms with van der Waals surface area (Å²) < 4.78 is 34.8. The van der Waals surface area contributed by atoms with Gasteiger partial charge in [0, 0.05) is 11.8 Å². The minimum Gasteiger partial charge on any atom is -0.507 e. The van der Waals surface area contributed by atoms with E-state index in [1.165, 1.54) is 18.2 Å². The van der Waals surface area contributed by atoms with E-state index in [4.69, 9.17) is 16.3 Å². The first-order valence-corrected chi connectivity index (χ1v) is 11.6. The second-order valence-corrected chi connectivity index (χ2v) is 9.19. The maximum Gasteiger partial charge on any atom is 0.349 e. The molecule has 4 rings (SSSR count). The summed E-state index contributed by atoms with van der Waals surface area (Å²) in [4.78, 5) is 25.0. The zero-order valence-corrected chi connectivity index (χ0v) is 19.1. The van der Waals surface area contributed by atoms with E-state index >= 15 is 0 Å². The fraction of sp³-hybridized carbons (Fsp3) is 0.0455. The third-order valence-corrected chi connectivity index (χ3v) is 6.33. The Hall–Kier alpha value is -4.09. The van der Waals surface area contributed by atoms with Gasteiger partial charge in [0.25, 0.3) is 15.6 Å². The molecule has 174 valence electrons. The summed E-state index contributed by atoms with van der Waals surface area (Å²) in [6.07, 6.45) is 0.955. The number of halogens is 1. The van der Waals surface area contributed by atoms with E-state index in [9.17, 15) is 23.1 Å². The zero-order valence-electron chi connectivity index (χ0n) is 17.5. The Morgan fingerprint density at radius 3 is 2.50 bits per heavy atom. The molecule has 0 atom stereocenters. The summed E-state index contributed by atoms with van der Waals surface area (Å²) in [6, 6.07) is 14.9. The lowest BCUT2D eigenvalue weighted by atomic mass is 10.2. The summed E-state index contributed by atoms with van der Waals surface area (Å²) in [5.74, 6) is -0.159. The van der Waals surface area contributed by atoms with Crippen LogP contribution < -0.4 is 20.7 Å². The molecule has 0 aliphatic carbocycles. The lowest BCUT2D eigenvalue weighted by Crippen LogP contribution is -2.30. The van der Waals surface area contributed by atoms with E-state index in [0.717, 1.165) is 16.9 Å². The summed E-state index contributed by atoms with van der Waals surface area (Å²) in [5, 5.41) is 14.1. The zero-order chi connectivity index (χ0) is 24.5. The number of H-pyrrole nitrogens is 1. The molecule has 0 radical (unpaired) electrons. The number of phenolic OH excluding ortho intramolecular Hbond substituents is 1. The largest absolute Gasteiger partial charge is 0.507 e. The van der Waals surface area contributed by atoms with Crippen molar-refractivity contribution in [3.05, 3.63) is 98.3 Å². The van der Waals surface area contributed by atoms with Gasteiger partial charge in [-0.15, -0.1) is 0 Å². The Bertz CT molecular complexity index is 1580. The van der Waals surface area contributed by atoms with E-state index in [0.29, 0.717) is 11.3 Å². The van der Waals surface area contributed by atoms with Crippen molar-refractivity contribution in [2.45, 2.75) is 11.8 Å². The number of nitrogens with zero attached hydrogens (tertiary/aromatic N) is 2. The van der Waals surface area contributed by atoms with Crippen molar-refractivity contribution in [2.75, 3.05) is 4.72 Å². The molecule has 0 saturated heterocycles. The maximum absolute atomic E-state index is 12.8. The topological polar surface area (TPSA) is 143 Å². The van der Waals surface area contributed by atoms with Gasteiger partial charge in [-0.2, -0.15) is 9.78 Å². The molecular formula is C22H17ClN4O6S. The normalized spacial score (nSPS) is 11.2. The monoisotopic (exact) mass is 500 g/mol. The van der Waals surface area contributed by atoms with Crippen molar-refractivity contribution in [1.82, 2.24) is 14.8 Å². The molecule has 1 heterocycles. The molecule has 1 aromatic heterocycles. The third-order valence-electron chi connectivity index (χ3n) is 4.64. The highest BCUT2D eigenvalue weighted by Gasteiger charge is 2.21. The number of aromatic amines is 1. The predicted octanol–water partition coefficient (Wildman–Crippen LogP) is 3.18. The molecular weight excluding hydrogens is 484 g/mol. The highest BCUT2D eigenvalue weighted by Crippen LogP contribution is 2.37. The Kier molecular flexibility index (Phi) is 6.14. The van der Waals surface area contributed by atoms with Crippen LogP contribution in [0, 0.1) is 6.92 Å². The van der Waals surface area contributed by atoms with Crippen LogP contribution in [0.25, 0.3) is 5.69 Å². The summed E-state index contributed by atoms with van der Waals surface area (Å²) in [5.41, 5.74) is -0.256. The highest BCUT2D eigenvalue weighted by atomic mass is 35.5. The number of aromatic nitrogens is 3. The SMILES string of the molecule is Cc1cc(-n2ncc(=O)[nH]c2=O)cc(Cl)c1Oc1ccc(O)c(S(=O)(=O)Nc2ccccc2)c1. The second-order valence-electron chi connectivity index (χ2n) is 7.13. The molecule has 3 N–H and O–H groups in total. The number of aromatic hydroxyl groups is 1. The molecule has 0 fully saturated rings. The van der Waals surface area contributed by atoms with Crippen molar-refractivity contribution in [2.24, 2.45) is 0 Å². The van der Waals surface area contributed by atoms with Gasteiger partial charge in [0.15, 0.2) is 0 Å². The summed E-state index contributed by atoms with van der Waals surface area (Å²) in [6.45, 7) is 1.66. The van der Waals surface area contributed by atoms with Crippen molar-refractivity contribution in [3.63, 3.8) is 0 Å². The molecule has 0 aliphatic heterocycles. The van der Waals surface area contributed by atoms with Gasteiger partial charge in [-0.1, -0.05) is 29.8 Å². The number of hydrogen-bond acceptors (Lipinski definition) is 7. The van der Waals surface area contributed by atoms with Gasteiger partial charge in [-0.05, 0) is 48.9 Å². The molecule has 0 bridgehead atoms. The van der Waals surface area contributed by atoms with E-state index in [-0.39, 0.29) is 27.1 Å². The van der Waals surface area contributed by atoms with Gasteiger partial charge in [0.05, 0.1) is 10.7 Å². The van der Waals surface area contributed by atoms with Crippen LogP contribution in [0.15, 0.2) is 81.3 Å². The molecule has 10 nitrogen and oxygen atoms in total. The van der Waals surface area contributed by atoms with Gasteiger partial charge < -0.3 is 9.84 Å². The number of rotatable bonds is 6. The second kappa shape index (κ2) is 9.04. The number of hydrogen-bond donors (Lipinski definition) is 3. The number of phenols is 1. The molecule has 0 aliphatic rings. The molecule has 3 aromatic carbocycles. The minimum atomic E-state index is -4.12. The molecule has 0 saturated carbocycles. The average Bonchev–Trinajstić information content (AvgIpc) is 2.77. The lowest BCUT2D eigenvalue weighted by Gasteiger charge is -2.15. The van der Waals surface area contributed by atoms with Gasteiger partial charge in [-0.25, -0.2) is 13.2 Å². The van der Waals surface area contributed by atoms with Gasteiger partial charge in [0.2, 0.25) is 0 Å². The molecule has 0 spiro atoms. The maximum atomic E-state index is 12.8. The van der Waals surface area contributed by atoms with Crippen LogP contribution in [0.5, 0.6) is 17.2 Å². The first-order chi connectivity index (χ1) is 16.1. The van der Waals surface area contributed by atoms with Crippen LogP contribution in [0.1, 0.15) is 5.56 Å². The molecule has 0 amide bonds. The van der Waals surface area contributed by atoms with Crippen LogP contribution in [0.4, 0.5) is 5.69 Å². The van der Waals surface area contributed by atoms with E-state index in [1.54, 1.807) is 43.3 Å². The standard InChI is InChI=1S/C22H17ClN4O6S/c1-13-9-15(27-22(30)25-20(29)12-24-27)10-17(23)21(13)33-16-7-8-18(28)19(11-16)34(31,32)26-14-5-3-2-4-6-14/h2-12,26,28H,1H3,(H,25,29,30). The fourth-order valence-electron chi connectivity index (χ4n) is 3.11. The van der Waals surface area contributed by atoms with Crippen molar-refractivity contribution >= 4 is 27.3 Å². The van der Waals surface area contributed by atoms with E-state index in [1.807, 2.05) is 0 Å². The number of nitrogens with one attached hydrogen (secondary N) is 2. The fourth-order valence-corrected chi connectivity index (χ4v) is 4.58. The Morgan fingerprint density at radius 2 is 1.82 bits per heavy atom. The number of para-hydroxylation sites is 1.